The Labute approximate surface area is 104 Å². The lowest BCUT2D eigenvalue weighted by molar-refractivity contribution is 0.0477. The zero-order valence-electron chi connectivity index (χ0n) is 10.0. The van der Waals surface area contributed by atoms with Gasteiger partial charge >= 0.3 is 11.9 Å². The van der Waals surface area contributed by atoms with E-state index in [4.69, 9.17) is 9.47 Å². The van der Waals surface area contributed by atoms with Crippen LogP contribution in [0.4, 0.5) is 0 Å². The smallest absolute Gasteiger partial charge is 0.341 e. The van der Waals surface area contributed by atoms with E-state index in [-0.39, 0.29) is 24.3 Å². The minimum atomic E-state index is -0.521. The molecule has 94 valence electrons. The van der Waals surface area contributed by atoms with Crippen LogP contribution in [0.3, 0.4) is 0 Å². The van der Waals surface area contributed by atoms with Gasteiger partial charge in [0, 0.05) is 6.20 Å². The number of ether oxygens (including phenoxy) is 2. The number of thioether (sulfide) groups is 1. The lowest BCUT2D eigenvalue weighted by atomic mass is 10.2. The molecule has 0 atom stereocenters. The molecule has 1 aromatic rings. The van der Waals surface area contributed by atoms with Crippen LogP contribution in [0.25, 0.3) is 0 Å². The Kier molecular flexibility index (Phi) is 5.09. The summed E-state index contributed by atoms with van der Waals surface area (Å²) in [4.78, 5) is 26.3. The fourth-order valence-electron chi connectivity index (χ4n) is 1.34. The highest BCUT2D eigenvalue weighted by Crippen LogP contribution is 2.24. The van der Waals surface area contributed by atoms with E-state index in [0.717, 1.165) is 0 Å². The van der Waals surface area contributed by atoms with Crippen LogP contribution in [0.15, 0.2) is 11.2 Å². The van der Waals surface area contributed by atoms with Crippen LogP contribution in [-0.4, -0.2) is 36.4 Å². The van der Waals surface area contributed by atoms with Crippen molar-refractivity contribution >= 4 is 23.7 Å². The number of hydrogen-bond donors (Lipinski definition) is 1. The van der Waals surface area contributed by atoms with Gasteiger partial charge in [-0.25, -0.2) is 9.59 Å². The second-order valence-electron chi connectivity index (χ2n) is 3.05. The molecule has 0 bridgehead atoms. The predicted molar refractivity (Wildman–Crippen MR) is 64.5 cm³/mol. The molecule has 1 aromatic heterocycles. The predicted octanol–water partition coefficient (Wildman–Crippen LogP) is 2.09. The molecule has 5 nitrogen and oxygen atoms in total. The normalized spacial score (nSPS) is 10.1. The summed E-state index contributed by atoms with van der Waals surface area (Å²) in [5, 5.41) is 0.603. The summed E-state index contributed by atoms with van der Waals surface area (Å²) in [6.45, 7) is 3.96. The number of aromatic amines is 1. The fourth-order valence-corrected chi connectivity index (χ4v) is 1.92. The molecule has 0 aliphatic rings. The second kappa shape index (κ2) is 6.34. The summed E-state index contributed by atoms with van der Waals surface area (Å²) in [5.41, 5.74) is 0.465. The first-order valence-corrected chi connectivity index (χ1v) is 6.47. The average molecular weight is 257 g/mol. The number of aromatic nitrogens is 1. The summed E-state index contributed by atoms with van der Waals surface area (Å²) in [5.74, 6) is -1.03. The molecule has 17 heavy (non-hydrogen) atoms. The number of rotatable bonds is 5. The van der Waals surface area contributed by atoms with Gasteiger partial charge in [0.05, 0.1) is 23.8 Å². The highest BCUT2D eigenvalue weighted by molar-refractivity contribution is 7.98. The van der Waals surface area contributed by atoms with Crippen molar-refractivity contribution in [1.82, 2.24) is 4.98 Å². The molecule has 0 aromatic carbocycles. The molecule has 0 amide bonds. The molecule has 1 heterocycles. The first kappa shape index (κ1) is 13.6. The lowest BCUT2D eigenvalue weighted by Crippen LogP contribution is -2.12. The Balaban J connectivity index is 3.09. The second-order valence-corrected chi connectivity index (χ2v) is 3.87. The van der Waals surface area contributed by atoms with Crippen molar-refractivity contribution in [2.45, 2.75) is 18.9 Å². The van der Waals surface area contributed by atoms with Gasteiger partial charge in [-0.1, -0.05) is 0 Å². The van der Waals surface area contributed by atoms with Gasteiger partial charge in [0.2, 0.25) is 0 Å². The van der Waals surface area contributed by atoms with E-state index in [9.17, 15) is 9.59 Å². The Bertz CT molecular complexity index is 414. The fraction of sp³-hybridized carbons (Fsp3) is 0.455. The van der Waals surface area contributed by atoms with Crippen LogP contribution in [0, 0.1) is 0 Å². The third-order valence-corrected chi connectivity index (χ3v) is 2.75. The van der Waals surface area contributed by atoms with Gasteiger partial charge in [-0.05, 0) is 20.1 Å². The summed E-state index contributed by atoms with van der Waals surface area (Å²) < 4.78 is 9.80. The van der Waals surface area contributed by atoms with Gasteiger partial charge in [-0.15, -0.1) is 11.8 Å². The lowest BCUT2D eigenvalue weighted by Gasteiger charge is -2.05. The zero-order valence-corrected chi connectivity index (χ0v) is 10.8. The molecule has 0 fully saturated rings. The zero-order chi connectivity index (χ0) is 12.8. The topological polar surface area (TPSA) is 68.4 Å². The van der Waals surface area contributed by atoms with E-state index >= 15 is 0 Å². The number of carbonyl (C=O) groups is 2. The van der Waals surface area contributed by atoms with Crippen LogP contribution in [0.2, 0.25) is 0 Å². The third-order valence-electron chi connectivity index (χ3n) is 2.02. The quantitative estimate of drug-likeness (QED) is 0.646. The van der Waals surface area contributed by atoms with Gasteiger partial charge < -0.3 is 14.5 Å². The molecular weight excluding hydrogens is 242 g/mol. The maximum absolute atomic E-state index is 11.8. The van der Waals surface area contributed by atoms with Gasteiger partial charge in [0.15, 0.2) is 0 Å². The Morgan fingerprint density at radius 2 is 1.82 bits per heavy atom. The van der Waals surface area contributed by atoms with Crippen molar-refractivity contribution < 1.29 is 19.1 Å². The molecule has 0 saturated heterocycles. The number of H-pyrrole nitrogens is 1. The first-order valence-electron chi connectivity index (χ1n) is 5.25. The van der Waals surface area contributed by atoms with Crippen molar-refractivity contribution in [3.05, 3.63) is 17.3 Å². The molecule has 1 rings (SSSR count). The SMILES string of the molecule is CCOC(=O)c1c[nH]c(SC)c1C(=O)OCC. The molecule has 6 heteroatoms. The van der Waals surface area contributed by atoms with Crippen LogP contribution in [0.1, 0.15) is 34.6 Å². The Morgan fingerprint density at radius 3 is 2.35 bits per heavy atom. The number of hydrogen-bond acceptors (Lipinski definition) is 5. The minimum Gasteiger partial charge on any atom is -0.462 e. The average Bonchev–Trinajstić information content (AvgIpc) is 2.73. The van der Waals surface area contributed by atoms with Crippen molar-refractivity contribution in [3.63, 3.8) is 0 Å². The van der Waals surface area contributed by atoms with Crippen LogP contribution < -0.4 is 0 Å². The monoisotopic (exact) mass is 257 g/mol. The molecule has 0 unspecified atom stereocenters. The number of carbonyl (C=O) groups excluding carboxylic acids is 2. The molecule has 0 spiro atoms. The highest BCUT2D eigenvalue weighted by Gasteiger charge is 2.24. The van der Waals surface area contributed by atoms with E-state index in [0.29, 0.717) is 5.03 Å². The van der Waals surface area contributed by atoms with Gasteiger partial charge in [-0.2, -0.15) is 0 Å². The largest absolute Gasteiger partial charge is 0.462 e. The molecular formula is C11H15NO4S. The van der Waals surface area contributed by atoms with Gasteiger partial charge in [0.1, 0.15) is 5.56 Å². The molecule has 0 saturated carbocycles. The van der Waals surface area contributed by atoms with E-state index in [1.165, 1.54) is 18.0 Å². The molecule has 0 aliphatic heterocycles. The Morgan fingerprint density at radius 1 is 1.24 bits per heavy atom. The molecule has 0 aliphatic carbocycles. The highest BCUT2D eigenvalue weighted by atomic mass is 32.2. The van der Waals surface area contributed by atoms with E-state index < -0.39 is 11.9 Å². The Hall–Kier alpha value is -1.43. The summed E-state index contributed by atoms with van der Waals surface area (Å²) in [6, 6.07) is 0. The molecule has 1 N–H and O–H groups in total. The third kappa shape index (κ3) is 3.03. The van der Waals surface area contributed by atoms with Crippen LogP contribution >= 0.6 is 11.8 Å². The van der Waals surface area contributed by atoms with E-state index in [1.54, 1.807) is 13.8 Å². The maximum atomic E-state index is 11.8. The standard InChI is InChI=1S/C11H15NO4S/c1-4-15-10(13)7-6-12-9(17-3)8(7)11(14)16-5-2/h6,12H,4-5H2,1-3H3. The van der Waals surface area contributed by atoms with Crippen molar-refractivity contribution in [2.24, 2.45) is 0 Å². The van der Waals surface area contributed by atoms with Crippen LogP contribution in [0.5, 0.6) is 0 Å². The van der Waals surface area contributed by atoms with Crippen molar-refractivity contribution in [1.29, 1.82) is 0 Å². The van der Waals surface area contributed by atoms with E-state index in [2.05, 4.69) is 4.98 Å². The maximum Gasteiger partial charge on any atom is 0.341 e. The summed E-state index contributed by atoms with van der Waals surface area (Å²) in [6.07, 6.45) is 3.28. The van der Waals surface area contributed by atoms with Crippen molar-refractivity contribution in [2.75, 3.05) is 19.5 Å². The first-order chi connectivity index (χ1) is 8.15. The number of esters is 2. The van der Waals surface area contributed by atoms with Crippen LogP contribution in [-0.2, 0) is 9.47 Å². The summed E-state index contributed by atoms with van der Waals surface area (Å²) >= 11 is 1.34. The van der Waals surface area contributed by atoms with Gasteiger partial charge in [-0.3, -0.25) is 0 Å². The number of nitrogens with one attached hydrogen (secondary N) is 1. The minimum absolute atomic E-state index is 0.217. The summed E-state index contributed by atoms with van der Waals surface area (Å²) in [7, 11) is 0. The molecule has 0 radical (unpaired) electrons. The van der Waals surface area contributed by atoms with Crippen molar-refractivity contribution in [3.8, 4) is 0 Å². The van der Waals surface area contributed by atoms with E-state index in [1.807, 2.05) is 6.26 Å². The van der Waals surface area contributed by atoms with Gasteiger partial charge in [0.25, 0.3) is 0 Å².